The lowest BCUT2D eigenvalue weighted by Gasteiger charge is -2.34. The van der Waals surface area contributed by atoms with Crippen LogP contribution in [0.3, 0.4) is 0 Å². The van der Waals surface area contributed by atoms with Crippen LogP contribution in [0.15, 0.2) is 39.7 Å². The van der Waals surface area contributed by atoms with E-state index in [-0.39, 0.29) is 39.9 Å². The Morgan fingerprint density at radius 1 is 0.951 bits per heavy atom. The Morgan fingerprint density at radius 3 is 2.10 bits per heavy atom. The van der Waals surface area contributed by atoms with Gasteiger partial charge in [0.2, 0.25) is 0 Å². The number of thioether (sulfide) groups is 1. The van der Waals surface area contributed by atoms with Gasteiger partial charge in [-0.2, -0.15) is 26.3 Å². The van der Waals surface area contributed by atoms with E-state index in [1.54, 1.807) is 4.90 Å². The van der Waals surface area contributed by atoms with Gasteiger partial charge in [-0.1, -0.05) is 24.0 Å². The molecule has 0 atom stereocenters. The number of hydrogen-bond donors (Lipinski definition) is 1. The van der Waals surface area contributed by atoms with Crippen molar-refractivity contribution in [1.82, 2.24) is 14.7 Å². The predicted molar refractivity (Wildman–Crippen MR) is 140 cm³/mol. The molecule has 0 saturated carbocycles. The lowest BCUT2D eigenvalue weighted by Crippen LogP contribution is -2.50. The van der Waals surface area contributed by atoms with Crippen LogP contribution >= 0.6 is 24.0 Å². The third kappa shape index (κ3) is 7.55. The van der Waals surface area contributed by atoms with Gasteiger partial charge in [-0.15, -0.1) is 0 Å². The molecule has 2 aliphatic heterocycles. The topological polar surface area (TPSA) is 94.3 Å². The summed E-state index contributed by atoms with van der Waals surface area (Å²) in [5.74, 6) is -2.99. The number of carbonyl (C=O) groups is 3. The smallest absolute Gasteiger partial charge is 0.416 e. The number of carbonyl (C=O) groups excluding carboxylic acids is 2. The Bertz CT molecular complexity index is 1360. The first-order valence-corrected chi connectivity index (χ1v) is 13.2. The molecule has 16 heteroatoms. The first-order valence-electron chi connectivity index (χ1n) is 12.0. The Morgan fingerprint density at radius 2 is 1.54 bits per heavy atom. The van der Waals surface area contributed by atoms with E-state index in [2.05, 4.69) is 0 Å². The number of furan rings is 1. The molecule has 220 valence electrons. The Kier molecular flexibility index (Phi) is 8.96. The molecule has 1 aromatic heterocycles. The minimum Gasteiger partial charge on any atom is -0.475 e. The molecule has 0 unspecified atom stereocenters. The van der Waals surface area contributed by atoms with Crippen LogP contribution in [0.4, 0.5) is 26.3 Å². The zero-order valence-electron chi connectivity index (χ0n) is 20.9. The van der Waals surface area contributed by atoms with Gasteiger partial charge in [-0.3, -0.25) is 24.3 Å². The molecule has 2 saturated heterocycles. The van der Waals surface area contributed by atoms with Crippen molar-refractivity contribution >= 4 is 52.0 Å². The number of carboxylic acid groups (broad SMARTS) is 1. The minimum atomic E-state index is -5.01. The first kappa shape index (κ1) is 30.7. The molecule has 41 heavy (non-hydrogen) atoms. The second kappa shape index (κ2) is 12.0. The van der Waals surface area contributed by atoms with Gasteiger partial charge in [0, 0.05) is 50.9 Å². The van der Waals surface area contributed by atoms with E-state index in [1.165, 1.54) is 23.1 Å². The standard InChI is InChI=1S/C25H21F6N3O5S2/c26-24(27,28)15-9-14(10-16(11-15)25(29,30)31)19-2-1-17(39-19)12-20-21(36)34(23(40)41-20)8-7-32-3-5-33(6-4-32)13-18(35)22(37)38/h1-2,9-12H,3-8,13H2,(H,37,38). The molecular formula is C25H21F6N3O5S2. The maximum atomic E-state index is 13.2. The molecule has 1 N–H and O–H groups in total. The Labute approximate surface area is 238 Å². The first-order chi connectivity index (χ1) is 19.1. The van der Waals surface area contributed by atoms with Crippen molar-refractivity contribution in [2.45, 2.75) is 12.4 Å². The highest BCUT2D eigenvalue weighted by Crippen LogP contribution is 2.39. The van der Waals surface area contributed by atoms with E-state index >= 15 is 0 Å². The van der Waals surface area contributed by atoms with Crippen LogP contribution in [0, 0.1) is 0 Å². The average Bonchev–Trinajstić information content (AvgIpc) is 3.46. The number of rotatable bonds is 8. The number of halogens is 6. The predicted octanol–water partition coefficient (Wildman–Crippen LogP) is 4.46. The number of Topliss-reactive ketones (excluding diaryl/α,β-unsaturated/α-hetero) is 1. The lowest BCUT2D eigenvalue weighted by atomic mass is 10.0. The van der Waals surface area contributed by atoms with Crippen molar-refractivity contribution in [2.75, 3.05) is 45.8 Å². The Hall–Kier alpha value is -3.21. The van der Waals surface area contributed by atoms with E-state index in [4.69, 9.17) is 21.7 Å². The van der Waals surface area contributed by atoms with Crippen molar-refractivity contribution in [3.63, 3.8) is 0 Å². The van der Waals surface area contributed by atoms with Gasteiger partial charge < -0.3 is 9.52 Å². The fraction of sp³-hybridized carbons (Fsp3) is 0.360. The number of nitrogens with zero attached hydrogens (tertiary/aromatic N) is 3. The van der Waals surface area contributed by atoms with Gasteiger partial charge in [-0.05, 0) is 30.3 Å². The summed E-state index contributed by atoms with van der Waals surface area (Å²) in [6.07, 6.45) is -8.70. The number of alkyl halides is 6. The minimum absolute atomic E-state index is 0.0268. The van der Waals surface area contributed by atoms with Gasteiger partial charge in [0.15, 0.2) is 0 Å². The summed E-state index contributed by atoms with van der Waals surface area (Å²) >= 11 is 6.29. The second-order valence-corrected chi connectivity index (χ2v) is 10.9. The van der Waals surface area contributed by atoms with Crippen LogP contribution in [0.1, 0.15) is 16.9 Å². The summed E-state index contributed by atoms with van der Waals surface area (Å²) in [4.78, 5) is 40.4. The van der Waals surface area contributed by atoms with Crippen LogP contribution < -0.4 is 0 Å². The lowest BCUT2D eigenvalue weighted by molar-refractivity contribution is -0.149. The zero-order chi connectivity index (χ0) is 30.1. The van der Waals surface area contributed by atoms with Crippen molar-refractivity contribution in [3.05, 3.63) is 52.1 Å². The number of ketones is 1. The molecule has 0 radical (unpaired) electrons. The SMILES string of the molecule is O=C(O)C(=O)CN1CCN(CCN2C(=O)C(=Cc3ccc(-c4cc(C(F)(F)F)cc(C(F)(F)F)c4)o3)SC2=S)CC1. The van der Waals surface area contributed by atoms with E-state index in [9.17, 15) is 40.7 Å². The fourth-order valence-corrected chi connectivity index (χ4v) is 5.48. The normalized spacial score (nSPS) is 18.5. The van der Waals surface area contributed by atoms with Crippen LogP contribution in [0.2, 0.25) is 0 Å². The maximum Gasteiger partial charge on any atom is 0.416 e. The number of benzene rings is 1. The molecule has 0 spiro atoms. The third-order valence-electron chi connectivity index (χ3n) is 6.36. The summed E-state index contributed by atoms with van der Waals surface area (Å²) in [7, 11) is 0. The van der Waals surface area contributed by atoms with Crippen LogP contribution in [0.25, 0.3) is 17.4 Å². The van der Waals surface area contributed by atoms with Gasteiger partial charge in [0.25, 0.3) is 11.7 Å². The van der Waals surface area contributed by atoms with Gasteiger partial charge in [0.1, 0.15) is 15.8 Å². The van der Waals surface area contributed by atoms with E-state index in [0.29, 0.717) is 44.9 Å². The van der Waals surface area contributed by atoms with Crippen molar-refractivity contribution < 1.29 is 50.2 Å². The van der Waals surface area contributed by atoms with Gasteiger partial charge in [-0.25, -0.2) is 4.79 Å². The number of piperazine rings is 1. The monoisotopic (exact) mass is 621 g/mol. The van der Waals surface area contributed by atoms with Gasteiger partial charge in [0.05, 0.1) is 22.6 Å². The molecule has 1 amide bonds. The quantitative estimate of drug-likeness (QED) is 0.199. The van der Waals surface area contributed by atoms with Crippen LogP contribution in [-0.4, -0.2) is 87.6 Å². The molecule has 0 bridgehead atoms. The summed E-state index contributed by atoms with van der Waals surface area (Å²) in [5, 5.41) is 8.74. The second-order valence-electron chi connectivity index (χ2n) is 9.18. The highest BCUT2D eigenvalue weighted by molar-refractivity contribution is 8.26. The number of carboxylic acids is 1. The molecule has 2 aliphatic rings. The van der Waals surface area contributed by atoms with Crippen molar-refractivity contribution in [2.24, 2.45) is 0 Å². The van der Waals surface area contributed by atoms with Crippen molar-refractivity contribution in [1.29, 1.82) is 0 Å². The van der Waals surface area contributed by atoms with E-state index in [0.717, 1.165) is 11.8 Å². The number of hydrogen-bond acceptors (Lipinski definition) is 8. The molecule has 3 heterocycles. The van der Waals surface area contributed by atoms with Gasteiger partial charge >= 0.3 is 18.3 Å². The average molecular weight is 622 g/mol. The summed E-state index contributed by atoms with van der Waals surface area (Å²) in [6, 6.07) is 3.68. The number of thiocarbonyl (C=S) groups is 1. The van der Waals surface area contributed by atoms with Crippen LogP contribution in [0.5, 0.6) is 0 Å². The Balaban J connectivity index is 1.40. The van der Waals surface area contributed by atoms with Crippen LogP contribution in [-0.2, 0) is 26.7 Å². The fourth-order valence-electron chi connectivity index (χ4n) is 4.19. The highest BCUT2D eigenvalue weighted by atomic mass is 32.2. The molecule has 1 aromatic carbocycles. The maximum absolute atomic E-state index is 13.2. The number of amides is 1. The largest absolute Gasteiger partial charge is 0.475 e. The van der Waals surface area contributed by atoms with Crippen molar-refractivity contribution in [3.8, 4) is 11.3 Å². The zero-order valence-corrected chi connectivity index (χ0v) is 22.6. The third-order valence-corrected chi connectivity index (χ3v) is 7.73. The molecule has 0 aliphatic carbocycles. The highest BCUT2D eigenvalue weighted by Gasteiger charge is 2.37. The molecule has 2 aromatic rings. The number of aliphatic carboxylic acids is 1. The summed E-state index contributed by atoms with van der Waals surface area (Å²) < 4.78 is 85.0. The molecule has 4 rings (SSSR count). The molecule has 2 fully saturated rings. The summed E-state index contributed by atoms with van der Waals surface area (Å²) in [5.41, 5.74) is -3.38. The van der Waals surface area contributed by atoms with E-state index in [1.807, 2.05) is 4.90 Å². The molecular weight excluding hydrogens is 600 g/mol. The van der Waals surface area contributed by atoms with E-state index < -0.39 is 46.7 Å². The summed E-state index contributed by atoms with van der Waals surface area (Å²) in [6.45, 7) is 2.61. The molecule has 8 nitrogen and oxygen atoms in total.